The topological polar surface area (TPSA) is 3.24 Å². The second-order valence-electron chi connectivity index (χ2n) is 4.93. The highest BCUT2D eigenvalue weighted by Crippen LogP contribution is 2.06. The molecule has 104 valence electrons. The Kier molecular flexibility index (Phi) is 16.0. The molecule has 0 heterocycles. The van der Waals surface area contributed by atoms with Crippen molar-refractivity contribution in [3.05, 3.63) is 12.7 Å². The summed E-state index contributed by atoms with van der Waals surface area (Å²) in [6, 6.07) is 0. The summed E-state index contributed by atoms with van der Waals surface area (Å²) in [4.78, 5) is 2.62. The van der Waals surface area contributed by atoms with Crippen LogP contribution >= 0.6 is 12.4 Å². The Labute approximate surface area is 115 Å². The van der Waals surface area contributed by atoms with Gasteiger partial charge >= 0.3 is 0 Å². The molecule has 0 amide bonds. The van der Waals surface area contributed by atoms with E-state index in [1.165, 1.54) is 58.2 Å². The van der Waals surface area contributed by atoms with Crippen molar-refractivity contribution in [3.8, 4) is 0 Å². The lowest BCUT2D eigenvalue weighted by atomic mass is 10.1. The Morgan fingerprint density at radius 3 is 1.82 bits per heavy atom. The maximum atomic E-state index is 3.88. The van der Waals surface area contributed by atoms with Gasteiger partial charge in [0.25, 0.3) is 0 Å². The van der Waals surface area contributed by atoms with Gasteiger partial charge in [-0.15, -0.1) is 19.0 Å². The van der Waals surface area contributed by atoms with Gasteiger partial charge in [-0.1, -0.05) is 52.5 Å². The molecule has 1 atom stereocenters. The number of hydrogen-bond acceptors (Lipinski definition) is 1. The van der Waals surface area contributed by atoms with Gasteiger partial charge in [-0.3, -0.25) is 0 Å². The SMILES string of the molecule is C=CC(C)CN(CCCCC)CCCCC.Cl. The number of nitrogens with zero attached hydrogens (tertiary/aromatic N) is 1. The largest absolute Gasteiger partial charge is 0.303 e. The Morgan fingerprint density at radius 2 is 1.47 bits per heavy atom. The number of unbranched alkanes of at least 4 members (excludes halogenated alkanes) is 4. The number of hydrogen-bond donors (Lipinski definition) is 0. The lowest BCUT2D eigenvalue weighted by Crippen LogP contribution is -2.30. The number of rotatable bonds is 11. The highest BCUT2D eigenvalue weighted by atomic mass is 35.5. The maximum absolute atomic E-state index is 3.88. The lowest BCUT2D eigenvalue weighted by molar-refractivity contribution is 0.243. The third-order valence-corrected chi connectivity index (χ3v) is 3.10. The molecule has 0 N–H and O–H groups in total. The molecule has 0 spiro atoms. The van der Waals surface area contributed by atoms with E-state index >= 15 is 0 Å². The second kappa shape index (κ2) is 14.1. The molecule has 0 saturated carbocycles. The standard InChI is InChI=1S/C15H31N.ClH/c1-5-8-10-12-16(13-11-9-6-2)14-15(4)7-3;/h7,15H,3,5-6,8-14H2,1-2,4H3;1H. The fourth-order valence-corrected chi connectivity index (χ4v) is 1.95. The van der Waals surface area contributed by atoms with Crippen molar-refractivity contribution < 1.29 is 0 Å². The van der Waals surface area contributed by atoms with Crippen LogP contribution in [0.15, 0.2) is 12.7 Å². The van der Waals surface area contributed by atoms with E-state index < -0.39 is 0 Å². The van der Waals surface area contributed by atoms with Crippen LogP contribution in [0.25, 0.3) is 0 Å². The Bertz CT molecular complexity index is 149. The average molecular weight is 262 g/mol. The molecule has 0 aliphatic heterocycles. The minimum Gasteiger partial charge on any atom is -0.303 e. The molecule has 0 fully saturated rings. The lowest BCUT2D eigenvalue weighted by Gasteiger charge is -2.24. The average Bonchev–Trinajstić information content (AvgIpc) is 2.29. The van der Waals surface area contributed by atoms with Crippen molar-refractivity contribution in [2.45, 2.75) is 59.3 Å². The molecule has 1 unspecified atom stereocenters. The molecule has 0 saturated heterocycles. The van der Waals surface area contributed by atoms with Gasteiger partial charge in [0.05, 0.1) is 0 Å². The van der Waals surface area contributed by atoms with Crippen LogP contribution in [0.2, 0.25) is 0 Å². The molecule has 0 radical (unpaired) electrons. The summed E-state index contributed by atoms with van der Waals surface area (Å²) >= 11 is 0. The normalized spacial score (nSPS) is 12.2. The van der Waals surface area contributed by atoms with Crippen molar-refractivity contribution in [2.24, 2.45) is 5.92 Å². The van der Waals surface area contributed by atoms with Crippen molar-refractivity contribution >= 4 is 12.4 Å². The Balaban J connectivity index is 0. The van der Waals surface area contributed by atoms with Crippen LogP contribution in [-0.4, -0.2) is 24.5 Å². The summed E-state index contributed by atoms with van der Waals surface area (Å²) in [6.07, 6.45) is 10.2. The molecule has 0 aliphatic carbocycles. The van der Waals surface area contributed by atoms with Crippen LogP contribution in [-0.2, 0) is 0 Å². The van der Waals surface area contributed by atoms with Gasteiger partial charge in [0.1, 0.15) is 0 Å². The highest BCUT2D eigenvalue weighted by Gasteiger charge is 2.07. The zero-order valence-electron chi connectivity index (χ0n) is 12.1. The van der Waals surface area contributed by atoms with E-state index in [1.807, 2.05) is 0 Å². The first-order valence-corrected chi connectivity index (χ1v) is 7.09. The fourth-order valence-electron chi connectivity index (χ4n) is 1.95. The first-order chi connectivity index (χ1) is 7.74. The summed E-state index contributed by atoms with van der Waals surface area (Å²) in [5, 5.41) is 0. The van der Waals surface area contributed by atoms with Crippen molar-refractivity contribution in [2.75, 3.05) is 19.6 Å². The van der Waals surface area contributed by atoms with Crippen molar-refractivity contribution in [1.82, 2.24) is 4.90 Å². The summed E-state index contributed by atoms with van der Waals surface area (Å²) < 4.78 is 0. The highest BCUT2D eigenvalue weighted by molar-refractivity contribution is 5.85. The summed E-state index contributed by atoms with van der Waals surface area (Å²) in [5.41, 5.74) is 0. The van der Waals surface area contributed by atoms with Gasteiger partial charge in [-0.05, 0) is 31.8 Å². The zero-order chi connectivity index (χ0) is 12.2. The summed E-state index contributed by atoms with van der Waals surface area (Å²) in [6.45, 7) is 14.4. The molecule has 2 heteroatoms. The van der Waals surface area contributed by atoms with Gasteiger partial charge in [0.2, 0.25) is 0 Å². The Hall–Kier alpha value is -0.0100. The fraction of sp³-hybridized carbons (Fsp3) is 0.867. The van der Waals surface area contributed by atoms with E-state index in [0.29, 0.717) is 5.92 Å². The van der Waals surface area contributed by atoms with E-state index in [1.54, 1.807) is 0 Å². The van der Waals surface area contributed by atoms with Gasteiger partial charge in [-0.2, -0.15) is 0 Å². The minimum absolute atomic E-state index is 0. The molecular weight excluding hydrogens is 230 g/mol. The van der Waals surface area contributed by atoms with Crippen LogP contribution in [0.5, 0.6) is 0 Å². The molecule has 1 nitrogen and oxygen atoms in total. The molecule has 0 aromatic carbocycles. The Morgan fingerprint density at radius 1 is 1.00 bits per heavy atom. The predicted molar refractivity (Wildman–Crippen MR) is 82.1 cm³/mol. The van der Waals surface area contributed by atoms with Gasteiger partial charge in [0, 0.05) is 6.54 Å². The summed E-state index contributed by atoms with van der Waals surface area (Å²) in [5.74, 6) is 0.628. The molecular formula is C15H32ClN. The monoisotopic (exact) mass is 261 g/mol. The molecule has 0 aliphatic rings. The second-order valence-corrected chi connectivity index (χ2v) is 4.93. The van der Waals surface area contributed by atoms with Crippen LogP contribution in [0.3, 0.4) is 0 Å². The van der Waals surface area contributed by atoms with E-state index in [2.05, 4.69) is 38.3 Å². The quantitative estimate of drug-likeness (QED) is 0.377. The number of halogens is 1. The molecule has 17 heavy (non-hydrogen) atoms. The summed E-state index contributed by atoms with van der Waals surface area (Å²) in [7, 11) is 0. The zero-order valence-corrected chi connectivity index (χ0v) is 12.9. The first-order valence-electron chi connectivity index (χ1n) is 7.09. The van der Waals surface area contributed by atoms with Crippen LogP contribution in [0, 0.1) is 5.92 Å². The van der Waals surface area contributed by atoms with E-state index in [0.717, 1.165) is 0 Å². The minimum atomic E-state index is 0. The van der Waals surface area contributed by atoms with Gasteiger partial charge in [0.15, 0.2) is 0 Å². The van der Waals surface area contributed by atoms with E-state index in [4.69, 9.17) is 0 Å². The van der Waals surface area contributed by atoms with E-state index in [-0.39, 0.29) is 12.4 Å². The smallest absolute Gasteiger partial charge is 0.00416 e. The molecule has 0 aromatic heterocycles. The predicted octanol–water partition coefficient (Wildman–Crippen LogP) is 4.91. The van der Waals surface area contributed by atoms with Crippen molar-refractivity contribution in [3.63, 3.8) is 0 Å². The molecule has 0 rings (SSSR count). The first kappa shape index (κ1) is 19.3. The van der Waals surface area contributed by atoms with Gasteiger partial charge < -0.3 is 4.90 Å². The third kappa shape index (κ3) is 12.2. The van der Waals surface area contributed by atoms with Crippen LogP contribution in [0.1, 0.15) is 59.3 Å². The maximum Gasteiger partial charge on any atom is 0.00416 e. The van der Waals surface area contributed by atoms with Crippen molar-refractivity contribution in [1.29, 1.82) is 0 Å². The molecule has 0 bridgehead atoms. The third-order valence-electron chi connectivity index (χ3n) is 3.10. The van der Waals surface area contributed by atoms with E-state index in [9.17, 15) is 0 Å². The molecule has 0 aromatic rings. The van der Waals surface area contributed by atoms with Crippen LogP contribution < -0.4 is 0 Å². The van der Waals surface area contributed by atoms with Crippen LogP contribution in [0.4, 0.5) is 0 Å². The van der Waals surface area contributed by atoms with Gasteiger partial charge in [-0.25, -0.2) is 0 Å².